The maximum Gasteiger partial charge on any atom is 0.309 e. The summed E-state index contributed by atoms with van der Waals surface area (Å²) in [5.41, 5.74) is 1.84. The van der Waals surface area contributed by atoms with Crippen LogP contribution in [0.5, 0.6) is 0 Å². The molecule has 0 radical (unpaired) electrons. The Labute approximate surface area is 172 Å². The maximum absolute atomic E-state index is 12.5. The molecule has 0 bridgehead atoms. The Morgan fingerprint density at radius 3 is 2.86 bits per heavy atom. The van der Waals surface area contributed by atoms with Crippen LogP contribution in [0.1, 0.15) is 19.8 Å². The van der Waals surface area contributed by atoms with Gasteiger partial charge in [0.1, 0.15) is 0 Å². The number of hydrogen-bond donors (Lipinski definition) is 1. The number of likely N-dealkylation sites (tertiary alicyclic amines) is 1. The Hall–Kier alpha value is -2.81. The molecule has 0 atom stereocenters. The molecule has 3 aromatic rings. The van der Waals surface area contributed by atoms with E-state index in [9.17, 15) is 9.59 Å². The zero-order chi connectivity index (χ0) is 20.2. The fraction of sp³-hybridized carbons (Fsp3) is 0.400. The number of H-pyrrole nitrogens is 1. The minimum Gasteiger partial charge on any atom is -0.466 e. The first kappa shape index (κ1) is 19.5. The van der Waals surface area contributed by atoms with Crippen molar-refractivity contribution >= 4 is 34.5 Å². The first-order valence-electron chi connectivity index (χ1n) is 9.63. The van der Waals surface area contributed by atoms with Crippen molar-refractivity contribution < 1.29 is 18.7 Å². The van der Waals surface area contributed by atoms with Gasteiger partial charge in [-0.25, -0.2) is 0 Å². The predicted octanol–water partition coefficient (Wildman–Crippen LogP) is 3.11. The monoisotopic (exact) mass is 414 g/mol. The molecule has 9 heteroatoms. The van der Waals surface area contributed by atoms with E-state index in [2.05, 4.69) is 15.2 Å². The fourth-order valence-corrected chi connectivity index (χ4v) is 4.13. The third kappa shape index (κ3) is 4.29. The van der Waals surface area contributed by atoms with Crippen LogP contribution in [0.25, 0.3) is 22.4 Å². The van der Waals surface area contributed by atoms with Crippen LogP contribution in [0.4, 0.5) is 0 Å². The summed E-state index contributed by atoms with van der Waals surface area (Å²) in [6.45, 7) is 3.31. The summed E-state index contributed by atoms with van der Waals surface area (Å²) in [4.78, 5) is 29.2. The van der Waals surface area contributed by atoms with E-state index in [1.807, 2.05) is 30.5 Å². The molecule has 1 N–H and O–H groups in total. The number of rotatable bonds is 6. The third-order valence-electron chi connectivity index (χ3n) is 5.01. The average molecular weight is 414 g/mol. The highest BCUT2D eigenvalue weighted by atomic mass is 32.2. The molecule has 1 fully saturated rings. The number of esters is 1. The number of benzene rings is 1. The van der Waals surface area contributed by atoms with Crippen molar-refractivity contribution in [1.82, 2.24) is 20.1 Å². The molecule has 3 heterocycles. The first-order chi connectivity index (χ1) is 14.2. The van der Waals surface area contributed by atoms with E-state index in [0.29, 0.717) is 43.7 Å². The van der Waals surface area contributed by atoms with Gasteiger partial charge in [0.2, 0.25) is 5.91 Å². The van der Waals surface area contributed by atoms with Crippen LogP contribution in [-0.4, -0.2) is 57.4 Å². The smallest absolute Gasteiger partial charge is 0.309 e. The van der Waals surface area contributed by atoms with Gasteiger partial charge >= 0.3 is 5.97 Å². The molecule has 0 spiro atoms. The van der Waals surface area contributed by atoms with Crippen molar-refractivity contribution in [2.24, 2.45) is 5.92 Å². The number of ether oxygens (including phenoxy) is 1. The lowest BCUT2D eigenvalue weighted by molar-refractivity contribution is -0.151. The van der Waals surface area contributed by atoms with E-state index in [0.717, 1.165) is 16.5 Å². The Morgan fingerprint density at radius 1 is 1.28 bits per heavy atom. The molecule has 1 aromatic carbocycles. The Kier molecular flexibility index (Phi) is 5.84. The summed E-state index contributed by atoms with van der Waals surface area (Å²) in [5, 5.41) is 9.53. The fourth-order valence-electron chi connectivity index (χ4n) is 3.46. The van der Waals surface area contributed by atoms with Gasteiger partial charge in [-0.15, -0.1) is 10.2 Å². The number of carbonyl (C=O) groups excluding carboxylic acids is 2. The molecule has 4 rings (SSSR count). The van der Waals surface area contributed by atoms with Gasteiger partial charge in [0.15, 0.2) is 0 Å². The van der Waals surface area contributed by atoms with Crippen LogP contribution in [0.2, 0.25) is 0 Å². The van der Waals surface area contributed by atoms with Gasteiger partial charge in [0.25, 0.3) is 11.1 Å². The molecule has 1 aliphatic heterocycles. The van der Waals surface area contributed by atoms with E-state index in [-0.39, 0.29) is 23.5 Å². The van der Waals surface area contributed by atoms with Crippen LogP contribution in [-0.2, 0) is 14.3 Å². The van der Waals surface area contributed by atoms with Crippen molar-refractivity contribution in [2.45, 2.75) is 25.0 Å². The topological polar surface area (TPSA) is 101 Å². The standard InChI is InChI=1S/C20H22N4O4S/c1-2-27-19(26)13-7-9-24(10-8-13)17(25)12-29-20-23-22-18(28-20)15-11-21-16-6-4-3-5-14(15)16/h3-6,11,13,21H,2,7-10,12H2,1H3. The molecule has 0 saturated carbocycles. The van der Waals surface area contributed by atoms with Crippen LogP contribution in [0.3, 0.4) is 0 Å². The molecule has 29 heavy (non-hydrogen) atoms. The van der Waals surface area contributed by atoms with Crippen LogP contribution >= 0.6 is 11.8 Å². The Bertz CT molecular complexity index is 1010. The van der Waals surface area contributed by atoms with Crippen LogP contribution < -0.4 is 0 Å². The highest BCUT2D eigenvalue weighted by Crippen LogP contribution is 2.29. The number of aromatic nitrogens is 3. The number of nitrogens with zero attached hydrogens (tertiary/aromatic N) is 3. The number of thioether (sulfide) groups is 1. The Balaban J connectivity index is 1.31. The SMILES string of the molecule is CCOC(=O)C1CCN(C(=O)CSc2nnc(-c3c[nH]c4ccccc34)o2)CC1. The lowest BCUT2D eigenvalue weighted by Gasteiger charge is -2.30. The Morgan fingerprint density at radius 2 is 2.07 bits per heavy atom. The summed E-state index contributed by atoms with van der Waals surface area (Å²) >= 11 is 1.23. The van der Waals surface area contributed by atoms with E-state index in [4.69, 9.17) is 9.15 Å². The molecule has 2 aromatic heterocycles. The van der Waals surface area contributed by atoms with Crippen molar-refractivity contribution in [1.29, 1.82) is 0 Å². The average Bonchev–Trinajstić information content (AvgIpc) is 3.39. The summed E-state index contributed by atoms with van der Waals surface area (Å²) < 4.78 is 10.8. The van der Waals surface area contributed by atoms with Gasteiger partial charge in [0, 0.05) is 30.2 Å². The first-order valence-corrected chi connectivity index (χ1v) is 10.6. The van der Waals surface area contributed by atoms with E-state index in [1.165, 1.54) is 11.8 Å². The van der Waals surface area contributed by atoms with Gasteiger partial charge in [-0.1, -0.05) is 30.0 Å². The number of piperidine rings is 1. The second kappa shape index (κ2) is 8.69. The van der Waals surface area contributed by atoms with E-state index < -0.39 is 0 Å². The third-order valence-corrected chi connectivity index (χ3v) is 5.82. The number of amides is 1. The molecule has 1 aliphatic rings. The maximum atomic E-state index is 12.5. The lowest BCUT2D eigenvalue weighted by Crippen LogP contribution is -2.41. The molecule has 1 amide bonds. The van der Waals surface area contributed by atoms with Gasteiger partial charge in [-0.05, 0) is 25.8 Å². The highest BCUT2D eigenvalue weighted by Gasteiger charge is 2.28. The molecule has 152 valence electrons. The van der Waals surface area contributed by atoms with Crippen molar-refractivity contribution in [2.75, 3.05) is 25.4 Å². The van der Waals surface area contributed by atoms with Gasteiger partial charge in [-0.2, -0.15) is 0 Å². The molecular formula is C20H22N4O4S. The number of nitrogens with one attached hydrogen (secondary N) is 1. The number of hydrogen-bond acceptors (Lipinski definition) is 7. The quantitative estimate of drug-likeness (QED) is 0.488. The van der Waals surface area contributed by atoms with Gasteiger partial charge in [-0.3, -0.25) is 9.59 Å². The van der Waals surface area contributed by atoms with Crippen molar-refractivity contribution in [3.63, 3.8) is 0 Å². The second-order valence-corrected chi connectivity index (χ2v) is 7.74. The van der Waals surface area contributed by atoms with Crippen LogP contribution in [0, 0.1) is 5.92 Å². The molecule has 0 aliphatic carbocycles. The van der Waals surface area contributed by atoms with Crippen molar-refractivity contribution in [3.8, 4) is 11.5 Å². The second-order valence-electron chi connectivity index (χ2n) is 6.82. The van der Waals surface area contributed by atoms with Gasteiger partial charge < -0.3 is 19.0 Å². The largest absolute Gasteiger partial charge is 0.466 e. The van der Waals surface area contributed by atoms with E-state index >= 15 is 0 Å². The summed E-state index contributed by atoms with van der Waals surface area (Å²) in [7, 11) is 0. The predicted molar refractivity (Wildman–Crippen MR) is 108 cm³/mol. The molecule has 8 nitrogen and oxygen atoms in total. The van der Waals surface area contributed by atoms with Crippen LogP contribution in [0.15, 0.2) is 40.1 Å². The number of carbonyl (C=O) groups is 2. The number of aromatic amines is 1. The minimum atomic E-state index is -0.162. The summed E-state index contributed by atoms with van der Waals surface area (Å²) in [6, 6.07) is 7.88. The van der Waals surface area contributed by atoms with E-state index in [1.54, 1.807) is 11.8 Å². The van der Waals surface area contributed by atoms with Gasteiger partial charge in [0.05, 0.1) is 23.8 Å². The zero-order valence-corrected chi connectivity index (χ0v) is 16.9. The number of para-hydroxylation sites is 1. The molecule has 0 unspecified atom stereocenters. The summed E-state index contributed by atoms with van der Waals surface area (Å²) in [5.74, 6) is 0.377. The molecular weight excluding hydrogens is 392 g/mol. The zero-order valence-electron chi connectivity index (χ0n) is 16.1. The molecule has 1 saturated heterocycles. The lowest BCUT2D eigenvalue weighted by atomic mass is 9.97. The highest BCUT2D eigenvalue weighted by molar-refractivity contribution is 7.99. The van der Waals surface area contributed by atoms with Crippen molar-refractivity contribution in [3.05, 3.63) is 30.5 Å². The summed E-state index contributed by atoms with van der Waals surface area (Å²) in [6.07, 6.45) is 3.12. The number of fused-ring (bicyclic) bond motifs is 1. The normalized spacial score (nSPS) is 15.0. The minimum absolute atomic E-state index is 0.00385.